The van der Waals surface area contributed by atoms with Gasteiger partial charge in [0.15, 0.2) is 5.60 Å². The molecule has 9 heteroatoms. The average Bonchev–Trinajstić information content (AvgIpc) is 2.96. The van der Waals surface area contributed by atoms with Crippen LogP contribution < -0.4 is 15.2 Å². The van der Waals surface area contributed by atoms with E-state index in [0.717, 1.165) is 22.2 Å². The van der Waals surface area contributed by atoms with Crippen molar-refractivity contribution >= 4 is 23.2 Å². The van der Waals surface area contributed by atoms with Gasteiger partial charge in [0.2, 0.25) is 0 Å². The topological polar surface area (TPSA) is 122 Å². The minimum absolute atomic E-state index is 0.0284. The minimum Gasteiger partial charge on any atom is -0.494 e. The number of nitro benzene ring substituents is 1. The number of hydrazine groups is 1. The largest absolute Gasteiger partial charge is 0.494 e. The molecule has 0 heterocycles. The van der Waals surface area contributed by atoms with E-state index in [2.05, 4.69) is 5.43 Å². The number of carbonyl (C=O) groups excluding carboxylic acids is 2. The summed E-state index contributed by atoms with van der Waals surface area (Å²) in [6.07, 6.45) is -0.0569. The molecule has 0 atom stereocenters. The molecule has 0 bridgehead atoms. The maximum Gasteiger partial charge on any atom is 0.277 e. The van der Waals surface area contributed by atoms with E-state index in [4.69, 9.17) is 4.74 Å². The van der Waals surface area contributed by atoms with Crippen LogP contribution in [0.25, 0.3) is 0 Å². The lowest BCUT2D eigenvalue weighted by molar-refractivity contribution is -0.384. The van der Waals surface area contributed by atoms with Crippen molar-refractivity contribution in [2.75, 3.05) is 12.1 Å². The van der Waals surface area contributed by atoms with Crippen LogP contribution in [0.2, 0.25) is 0 Å². The van der Waals surface area contributed by atoms with E-state index in [-0.39, 0.29) is 35.5 Å². The van der Waals surface area contributed by atoms with Crippen LogP contribution in [0.15, 0.2) is 109 Å². The Morgan fingerprint density at radius 1 is 0.872 bits per heavy atom. The molecule has 0 aromatic heterocycles. The van der Waals surface area contributed by atoms with Gasteiger partial charge in [-0.1, -0.05) is 78.9 Å². The molecule has 9 nitrogen and oxygen atoms in total. The van der Waals surface area contributed by atoms with Crippen LogP contribution in [0.1, 0.15) is 21.5 Å². The van der Waals surface area contributed by atoms with Gasteiger partial charge in [0.25, 0.3) is 17.5 Å². The fourth-order valence-electron chi connectivity index (χ4n) is 4.21. The fourth-order valence-corrected chi connectivity index (χ4v) is 4.21. The summed E-state index contributed by atoms with van der Waals surface area (Å²) in [6, 6.07) is 29.8. The van der Waals surface area contributed by atoms with Gasteiger partial charge in [0.1, 0.15) is 11.4 Å². The molecule has 0 radical (unpaired) electrons. The van der Waals surface area contributed by atoms with Crippen LogP contribution in [0, 0.1) is 10.1 Å². The lowest BCUT2D eigenvalue weighted by Crippen LogP contribution is -2.57. The Morgan fingerprint density at radius 2 is 1.44 bits per heavy atom. The van der Waals surface area contributed by atoms with Crippen molar-refractivity contribution in [3.8, 4) is 5.75 Å². The number of nitro groups is 1. The Hall–Kier alpha value is -5.02. The van der Waals surface area contributed by atoms with Gasteiger partial charge in [0.05, 0.1) is 12.0 Å². The molecule has 198 valence electrons. The molecule has 0 unspecified atom stereocenters. The Morgan fingerprint density at radius 3 is 2.00 bits per heavy atom. The van der Waals surface area contributed by atoms with Crippen LogP contribution in [-0.4, -0.2) is 34.6 Å². The highest BCUT2D eigenvalue weighted by molar-refractivity contribution is 6.09. The Labute approximate surface area is 225 Å². The first-order chi connectivity index (χ1) is 18.8. The smallest absolute Gasteiger partial charge is 0.277 e. The zero-order valence-corrected chi connectivity index (χ0v) is 21.2. The number of anilines is 1. The van der Waals surface area contributed by atoms with Crippen molar-refractivity contribution in [3.63, 3.8) is 0 Å². The molecule has 0 aliphatic rings. The molecule has 0 saturated carbocycles. The molecule has 0 aliphatic carbocycles. The Kier molecular flexibility index (Phi) is 8.33. The summed E-state index contributed by atoms with van der Waals surface area (Å²) in [4.78, 5) is 38.3. The van der Waals surface area contributed by atoms with E-state index < -0.39 is 22.3 Å². The maximum absolute atomic E-state index is 13.9. The number of hydrogen-bond acceptors (Lipinski definition) is 6. The summed E-state index contributed by atoms with van der Waals surface area (Å²) in [5.74, 6) is -1.32. The number of nitrogens with zero attached hydrogens (tertiary/aromatic N) is 2. The summed E-state index contributed by atoms with van der Waals surface area (Å²) in [6.45, 7) is 0. The van der Waals surface area contributed by atoms with Crippen molar-refractivity contribution in [2.45, 2.75) is 18.4 Å². The highest BCUT2D eigenvalue weighted by Gasteiger charge is 2.39. The van der Waals surface area contributed by atoms with Crippen molar-refractivity contribution < 1.29 is 24.4 Å². The molecule has 4 rings (SSSR count). The number of nitrogens with one attached hydrogen (secondary N) is 1. The third kappa shape index (κ3) is 6.46. The summed E-state index contributed by atoms with van der Waals surface area (Å²) >= 11 is 0. The van der Waals surface area contributed by atoms with Gasteiger partial charge >= 0.3 is 0 Å². The highest BCUT2D eigenvalue weighted by atomic mass is 16.6. The van der Waals surface area contributed by atoms with Crippen LogP contribution in [-0.2, 0) is 17.6 Å². The molecular weight excluding hydrogens is 498 g/mol. The van der Waals surface area contributed by atoms with E-state index in [1.165, 1.54) is 25.3 Å². The zero-order valence-electron chi connectivity index (χ0n) is 21.2. The summed E-state index contributed by atoms with van der Waals surface area (Å²) in [7, 11) is 1.41. The Bertz CT molecular complexity index is 1420. The summed E-state index contributed by atoms with van der Waals surface area (Å²) in [5, 5.41) is 24.1. The predicted octanol–water partition coefficient (Wildman–Crippen LogP) is 4.50. The highest BCUT2D eigenvalue weighted by Crippen LogP contribution is 2.29. The second kappa shape index (κ2) is 12.0. The molecule has 2 amide bonds. The van der Waals surface area contributed by atoms with Crippen molar-refractivity contribution in [2.24, 2.45) is 0 Å². The first kappa shape index (κ1) is 27.0. The van der Waals surface area contributed by atoms with Gasteiger partial charge in [-0.15, -0.1) is 0 Å². The molecule has 4 aromatic carbocycles. The second-order valence-corrected chi connectivity index (χ2v) is 8.92. The van der Waals surface area contributed by atoms with Crippen LogP contribution in [0.5, 0.6) is 5.75 Å². The average molecular weight is 526 g/mol. The SMILES string of the molecule is COc1ccccc1N(NC(=O)C(O)(Cc1ccccc1)Cc1ccccc1)C(=O)c1cccc([N+](=O)[O-])c1. The van der Waals surface area contributed by atoms with Crippen LogP contribution in [0.4, 0.5) is 11.4 Å². The molecular formula is C30H27N3O6. The van der Waals surface area contributed by atoms with Gasteiger partial charge in [-0.2, -0.15) is 0 Å². The zero-order chi connectivity index (χ0) is 27.8. The normalized spacial score (nSPS) is 10.9. The number of hydrogen-bond donors (Lipinski definition) is 2. The third-order valence-electron chi connectivity index (χ3n) is 6.15. The monoisotopic (exact) mass is 525 g/mol. The maximum atomic E-state index is 13.9. The molecule has 0 fully saturated rings. The number of ether oxygens (including phenoxy) is 1. The standard InChI is InChI=1S/C30H27N3O6/c1-39-27-18-9-8-17-26(27)32(28(34)24-15-10-16-25(19-24)33(37)38)31-29(35)30(36,20-22-11-4-2-5-12-22)21-23-13-6-3-7-14-23/h2-19,36H,20-21H2,1H3,(H,31,35). The molecule has 0 aliphatic heterocycles. The first-order valence-electron chi connectivity index (χ1n) is 12.1. The van der Waals surface area contributed by atoms with Gasteiger partial charge in [-0.25, -0.2) is 5.01 Å². The number of aliphatic hydroxyl groups is 1. The quantitative estimate of drug-likeness (QED) is 0.245. The van der Waals surface area contributed by atoms with Gasteiger partial charge in [-0.3, -0.25) is 25.1 Å². The van der Waals surface area contributed by atoms with Crippen molar-refractivity contribution in [1.29, 1.82) is 0 Å². The van der Waals surface area contributed by atoms with E-state index in [0.29, 0.717) is 0 Å². The third-order valence-corrected chi connectivity index (χ3v) is 6.15. The first-order valence-corrected chi connectivity index (χ1v) is 12.1. The van der Waals surface area contributed by atoms with E-state index in [9.17, 15) is 24.8 Å². The van der Waals surface area contributed by atoms with Crippen molar-refractivity contribution in [3.05, 3.63) is 136 Å². The minimum atomic E-state index is -1.95. The number of non-ortho nitro benzene ring substituents is 1. The van der Waals surface area contributed by atoms with E-state index >= 15 is 0 Å². The number of para-hydroxylation sites is 2. The molecule has 2 N–H and O–H groups in total. The van der Waals surface area contributed by atoms with Gasteiger partial charge in [0, 0.05) is 30.5 Å². The molecule has 0 spiro atoms. The number of carbonyl (C=O) groups is 2. The Balaban J connectivity index is 1.75. The summed E-state index contributed by atoms with van der Waals surface area (Å²) in [5.41, 5.74) is 1.94. The lowest BCUT2D eigenvalue weighted by Gasteiger charge is -2.32. The number of amides is 2. The fraction of sp³-hybridized carbons (Fsp3) is 0.133. The second-order valence-electron chi connectivity index (χ2n) is 8.92. The van der Waals surface area contributed by atoms with Gasteiger partial charge in [-0.05, 0) is 29.3 Å². The molecule has 4 aromatic rings. The number of methoxy groups -OCH3 is 1. The number of benzene rings is 4. The lowest BCUT2D eigenvalue weighted by atomic mass is 9.87. The van der Waals surface area contributed by atoms with Gasteiger partial charge < -0.3 is 9.84 Å². The van der Waals surface area contributed by atoms with E-state index in [1.54, 1.807) is 48.5 Å². The van der Waals surface area contributed by atoms with Crippen LogP contribution in [0.3, 0.4) is 0 Å². The van der Waals surface area contributed by atoms with Crippen molar-refractivity contribution in [1.82, 2.24) is 5.43 Å². The van der Waals surface area contributed by atoms with E-state index in [1.807, 2.05) is 36.4 Å². The van der Waals surface area contributed by atoms with Crippen LogP contribution >= 0.6 is 0 Å². The molecule has 0 saturated heterocycles. The number of rotatable bonds is 9. The summed E-state index contributed by atoms with van der Waals surface area (Å²) < 4.78 is 5.42. The predicted molar refractivity (Wildman–Crippen MR) is 146 cm³/mol. The molecule has 39 heavy (non-hydrogen) atoms.